The van der Waals surface area contributed by atoms with Crippen molar-refractivity contribution in [3.63, 3.8) is 0 Å². The molecule has 0 N–H and O–H groups in total. The number of likely N-dealkylation sites (N-methyl/N-ethyl adjacent to an activating group) is 1. The predicted molar refractivity (Wildman–Crippen MR) is 124 cm³/mol. The smallest absolute Gasteiger partial charge is 0.309 e. The van der Waals surface area contributed by atoms with Crippen LogP contribution in [0.1, 0.15) is 22.3 Å². The number of benzene rings is 3. The summed E-state index contributed by atoms with van der Waals surface area (Å²) in [7, 11) is 3.18. The number of esters is 1. The molecule has 0 saturated carbocycles. The van der Waals surface area contributed by atoms with Gasteiger partial charge in [0.25, 0.3) is 0 Å². The van der Waals surface area contributed by atoms with Gasteiger partial charge in [-0.15, -0.1) is 0 Å². The van der Waals surface area contributed by atoms with Gasteiger partial charge in [-0.3, -0.25) is 9.59 Å². The average molecular weight is 432 g/mol. The lowest BCUT2D eigenvalue weighted by Gasteiger charge is -2.18. The highest BCUT2D eigenvalue weighted by Gasteiger charge is 2.13. The molecule has 3 aromatic carbocycles. The maximum absolute atomic E-state index is 12.8. The van der Waals surface area contributed by atoms with Crippen molar-refractivity contribution in [1.29, 1.82) is 0 Å². The second-order valence-corrected chi connectivity index (χ2v) is 7.74. The summed E-state index contributed by atoms with van der Waals surface area (Å²) >= 11 is 0. The van der Waals surface area contributed by atoms with Crippen LogP contribution in [-0.4, -0.2) is 37.5 Å². The molecule has 0 aromatic heterocycles. The molecule has 0 spiro atoms. The minimum atomic E-state index is -0.331. The lowest BCUT2D eigenvalue weighted by Crippen LogP contribution is -2.30. The van der Waals surface area contributed by atoms with Crippen LogP contribution in [0.2, 0.25) is 0 Å². The fourth-order valence-electron chi connectivity index (χ4n) is 3.37. The Labute approximate surface area is 189 Å². The minimum Gasteiger partial charge on any atom is -0.489 e. The van der Waals surface area contributed by atoms with E-state index in [1.54, 1.807) is 4.90 Å². The largest absolute Gasteiger partial charge is 0.489 e. The zero-order chi connectivity index (χ0) is 22.8. The Kier molecular flexibility index (Phi) is 8.44. The number of rotatable bonds is 10. The molecule has 0 bridgehead atoms. The summed E-state index contributed by atoms with van der Waals surface area (Å²) < 4.78 is 10.8. The standard InChI is InChI=1S/C27H29NO4/c1-28(14-13-21-9-5-3-6-10-21)26(29)18-23-15-24(19-27(30)31-2)17-25(16-23)32-20-22-11-7-4-8-12-22/h3-12,15-17H,13-14,18-20H2,1-2H3. The SMILES string of the molecule is COC(=O)Cc1cc(CC(=O)N(C)CCc2ccccc2)cc(OCc2ccccc2)c1. The minimum absolute atomic E-state index is 0.0187. The van der Waals surface area contributed by atoms with Crippen LogP contribution in [-0.2, 0) is 40.2 Å². The summed E-state index contributed by atoms with van der Waals surface area (Å²) in [4.78, 5) is 26.3. The Morgan fingerprint density at radius 3 is 2.00 bits per heavy atom. The van der Waals surface area contributed by atoms with Crippen molar-refractivity contribution in [2.45, 2.75) is 25.9 Å². The van der Waals surface area contributed by atoms with Gasteiger partial charge in [-0.1, -0.05) is 66.7 Å². The van der Waals surface area contributed by atoms with Crippen LogP contribution in [0, 0.1) is 0 Å². The van der Waals surface area contributed by atoms with Crippen molar-refractivity contribution in [2.24, 2.45) is 0 Å². The van der Waals surface area contributed by atoms with Crippen molar-refractivity contribution >= 4 is 11.9 Å². The molecule has 32 heavy (non-hydrogen) atoms. The van der Waals surface area contributed by atoms with Gasteiger partial charge in [-0.25, -0.2) is 0 Å². The van der Waals surface area contributed by atoms with Crippen molar-refractivity contribution in [3.05, 3.63) is 101 Å². The van der Waals surface area contributed by atoms with E-state index < -0.39 is 0 Å². The molecule has 0 aliphatic rings. The third kappa shape index (κ3) is 7.27. The van der Waals surface area contributed by atoms with Crippen LogP contribution in [0.25, 0.3) is 0 Å². The zero-order valence-electron chi connectivity index (χ0n) is 18.6. The summed E-state index contributed by atoms with van der Waals surface area (Å²) in [6, 6.07) is 25.5. The molecule has 5 nitrogen and oxygen atoms in total. The topological polar surface area (TPSA) is 55.8 Å². The molecule has 0 atom stereocenters. The summed E-state index contributed by atoms with van der Waals surface area (Å²) in [5, 5.41) is 0. The first-order valence-electron chi connectivity index (χ1n) is 10.7. The summed E-state index contributed by atoms with van der Waals surface area (Å²) in [6.07, 6.45) is 1.17. The Morgan fingerprint density at radius 1 is 0.781 bits per heavy atom. The molecule has 0 aliphatic heterocycles. The monoisotopic (exact) mass is 431 g/mol. The first kappa shape index (κ1) is 23.1. The molecule has 0 aliphatic carbocycles. The number of hydrogen-bond acceptors (Lipinski definition) is 4. The average Bonchev–Trinajstić information content (AvgIpc) is 2.82. The number of nitrogens with zero attached hydrogens (tertiary/aromatic N) is 1. The van der Waals surface area contributed by atoms with E-state index in [0.29, 0.717) is 18.9 Å². The van der Waals surface area contributed by atoms with Gasteiger partial charge in [-0.2, -0.15) is 0 Å². The molecular formula is C27H29NO4. The molecule has 3 aromatic rings. The van der Waals surface area contributed by atoms with Gasteiger partial charge in [-0.05, 0) is 40.8 Å². The molecule has 166 valence electrons. The van der Waals surface area contributed by atoms with Crippen LogP contribution in [0.15, 0.2) is 78.9 Å². The summed E-state index contributed by atoms with van der Waals surface area (Å²) in [6.45, 7) is 1.05. The van der Waals surface area contributed by atoms with Crippen LogP contribution in [0.4, 0.5) is 0 Å². The molecule has 0 unspecified atom stereocenters. The number of carbonyl (C=O) groups excluding carboxylic acids is 2. The molecular weight excluding hydrogens is 402 g/mol. The highest BCUT2D eigenvalue weighted by atomic mass is 16.5. The second-order valence-electron chi connectivity index (χ2n) is 7.74. The Hall–Kier alpha value is -3.60. The van der Waals surface area contributed by atoms with Gasteiger partial charge in [0.05, 0.1) is 20.0 Å². The quantitative estimate of drug-likeness (QED) is 0.451. The molecule has 1 amide bonds. The zero-order valence-corrected chi connectivity index (χ0v) is 18.6. The van der Waals surface area contributed by atoms with E-state index >= 15 is 0 Å². The van der Waals surface area contributed by atoms with Crippen LogP contribution < -0.4 is 4.74 Å². The fourth-order valence-corrected chi connectivity index (χ4v) is 3.37. The highest BCUT2D eigenvalue weighted by Crippen LogP contribution is 2.21. The van der Waals surface area contributed by atoms with Crippen molar-refractivity contribution < 1.29 is 19.1 Å². The Morgan fingerprint density at radius 2 is 1.38 bits per heavy atom. The first-order valence-corrected chi connectivity index (χ1v) is 10.7. The van der Waals surface area contributed by atoms with Crippen molar-refractivity contribution in [2.75, 3.05) is 20.7 Å². The number of ether oxygens (including phenoxy) is 2. The Balaban J connectivity index is 1.67. The lowest BCUT2D eigenvalue weighted by atomic mass is 10.0. The summed E-state index contributed by atoms with van der Waals surface area (Å²) in [5.41, 5.74) is 3.82. The van der Waals surface area contributed by atoms with E-state index in [0.717, 1.165) is 23.1 Å². The fraction of sp³-hybridized carbons (Fsp3) is 0.259. The maximum atomic E-state index is 12.8. The summed E-state index contributed by atoms with van der Waals surface area (Å²) in [5.74, 6) is 0.317. The van der Waals surface area contributed by atoms with Gasteiger partial charge < -0.3 is 14.4 Å². The van der Waals surface area contributed by atoms with E-state index in [1.807, 2.05) is 73.8 Å². The normalized spacial score (nSPS) is 10.4. The number of amides is 1. The molecule has 5 heteroatoms. The van der Waals surface area contributed by atoms with Gasteiger partial charge >= 0.3 is 5.97 Å². The van der Waals surface area contributed by atoms with E-state index in [2.05, 4.69) is 12.1 Å². The number of methoxy groups -OCH3 is 1. The molecule has 0 heterocycles. The maximum Gasteiger partial charge on any atom is 0.309 e. The number of hydrogen-bond donors (Lipinski definition) is 0. The molecule has 3 rings (SSSR count). The molecule has 0 saturated heterocycles. The van der Waals surface area contributed by atoms with Gasteiger partial charge in [0.1, 0.15) is 12.4 Å². The van der Waals surface area contributed by atoms with Crippen molar-refractivity contribution in [1.82, 2.24) is 4.90 Å². The second kappa shape index (κ2) is 11.7. The van der Waals surface area contributed by atoms with Crippen LogP contribution in [0.3, 0.4) is 0 Å². The first-order chi connectivity index (χ1) is 15.5. The van der Waals surface area contributed by atoms with Gasteiger partial charge in [0.15, 0.2) is 0 Å². The predicted octanol–water partition coefficient (Wildman–Crippen LogP) is 4.22. The van der Waals surface area contributed by atoms with E-state index in [1.165, 1.54) is 12.7 Å². The van der Waals surface area contributed by atoms with E-state index in [-0.39, 0.29) is 24.7 Å². The molecule has 0 radical (unpaired) electrons. The van der Waals surface area contributed by atoms with Gasteiger partial charge in [0, 0.05) is 13.6 Å². The van der Waals surface area contributed by atoms with E-state index in [9.17, 15) is 9.59 Å². The van der Waals surface area contributed by atoms with E-state index in [4.69, 9.17) is 9.47 Å². The highest BCUT2D eigenvalue weighted by molar-refractivity contribution is 5.79. The van der Waals surface area contributed by atoms with Crippen LogP contribution in [0.5, 0.6) is 5.75 Å². The third-order valence-electron chi connectivity index (χ3n) is 5.21. The molecule has 0 fully saturated rings. The van der Waals surface area contributed by atoms with Crippen molar-refractivity contribution in [3.8, 4) is 5.75 Å². The lowest BCUT2D eigenvalue weighted by molar-refractivity contribution is -0.139. The van der Waals surface area contributed by atoms with Crippen LogP contribution >= 0.6 is 0 Å². The third-order valence-corrected chi connectivity index (χ3v) is 5.21. The number of carbonyl (C=O) groups is 2. The Bertz CT molecular complexity index is 1020. The van der Waals surface area contributed by atoms with Gasteiger partial charge in [0.2, 0.25) is 5.91 Å².